The second-order valence-corrected chi connectivity index (χ2v) is 6.22. The zero-order valence-electron chi connectivity index (χ0n) is 11.4. The number of hydrogen-bond acceptors (Lipinski definition) is 1. The van der Waals surface area contributed by atoms with Crippen molar-refractivity contribution in [1.29, 1.82) is 0 Å². The minimum absolute atomic E-state index is 0.168. The molecule has 0 aromatic heterocycles. The maximum absolute atomic E-state index is 6.04. The molecular weight excluding hydrogens is 220 g/mol. The number of fused-ring (bicyclic) bond motifs is 1. The molecule has 0 spiro atoms. The fourth-order valence-corrected chi connectivity index (χ4v) is 3.17. The summed E-state index contributed by atoms with van der Waals surface area (Å²) >= 11 is 0. The van der Waals surface area contributed by atoms with Gasteiger partial charge in [0.05, 0.1) is 0 Å². The van der Waals surface area contributed by atoms with Gasteiger partial charge in [0.2, 0.25) is 0 Å². The van der Waals surface area contributed by atoms with Crippen LogP contribution < -0.4 is 4.74 Å². The van der Waals surface area contributed by atoms with E-state index in [1.54, 1.807) is 0 Å². The fourth-order valence-electron chi connectivity index (χ4n) is 3.17. The van der Waals surface area contributed by atoms with Gasteiger partial charge in [0, 0.05) is 5.56 Å². The fraction of sp³-hybridized carbons (Fsp3) is 0.529. The summed E-state index contributed by atoms with van der Waals surface area (Å²) < 4.78 is 6.04. The first-order valence-corrected chi connectivity index (χ1v) is 7.14. The molecule has 3 rings (SSSR count). The van der Waals surface area contributed by atoms with E-state index in [4.69, 9.17) is 4.74 Å². The summed E-state index contributed by atoms with van der Waals surface area (Å²) in [5.41, 5.74) is 2.61. The number of rotatable bonds is 2. The van der Waals surface area contributed by atoms with Crippen LogP contribution in [0.4, 0.5) is 0 Å². The maximum atomic E-state index is 6.04. The van der Waals surface area contributed by atoms with Crippen molar-refractivity contribution in [3.8, 4) is 5.75 Å². The average molecular weight is 242 g/mol. The second-order valence-electron chi connectivity index (χ2n) is 6.22. The molecule has 1 aliphatic heterocycles. The Morgan fingerprint density at radius 3 is 2.78 bits per heavy atom. The molecule has 0 bridgehead atoms. The van der Waals surface area contributed by atoms with E-state index in [0.29, 0.717) is 0 Å². The highest BCUT2D eigenvalue weighted by molar-refractivity contribution is 5.64. The molecule has 1 heterocycles. The average Bonchev–Trinajstić information content (AvgIpc) is 2.80. The Kier molecular flexibility index (Phi) is 2.93. The molecule has 0 amide bonds. The highest BCUT2D eigenvalue weighted by Crippen LogP contribution is 2.36. The number of ether oxygens (including phenoxy) is 1. The summed E-state index contributed by atoms with van der Waals surface area (Å²) in [4.78, 5) is 0. The molecule has 0 atom stereocenters. The van der Waals surface area contributed by atoms with Crippen molar-refractivity contribution < 1.29 is 4.74 Å². The molecule has 1 aromatic carbocycles. The molecule has 0 unspecified atom stereocenters. The smallest absolute Gasteiger partial charge is 0.128 e. The molecule has 1 aliphatic carbocycles. The monoisotopic (exact) mass is 242 g/mol. The van der Waals surface area contributed by atoms with Crippen LogP contribution in [0.1, 0.15) is 50.7 Å². The maximum Gasteiger partial charge on any atom is 0.128 e. The molecule has 18 heavy (non-hydrogen) atoms. The molecule has 1 heteroatoms. The van der Waals surface area contributed by atoms with Crippen LogP contribution in [0, 0.1) is 5.92 Å². The van der Waals surface area contributed by atoms with Gasteiger partial charge in [-0.3, -0.25) is 0 Å². The van der Waals surface area contributed by atoms with Gasteiger partial charge in [0.1, 0.15) is 11.4 Å². The zero-order valence-corrected chi connectivity index (χ0v) is 11.4. The Balaban J connectivity index is 1.88. The van der Waals surface area contributed by atoms with Gasteiger partial charge in [-0.25, -0.2) is 0 Å². The Morgan fingerprint density at radius 1 is 1.22 bits per heavy atom. The van der Waals surface area contributed by atoms with E-state index in [1.807, 2.05) is 0 Å². The van der Waals surface area contributed by atoms with Crippen molar-refractivity contribution in [3.63, 3.8) is 0 Å². The highest BCUT2D eigenvalue weighted by atomic mass is 16.5. The third-order valence-corrected chi connectivity index (χ3v) is 4.16. The summed E-state index contributed by atoms with van der Waals surface area (Å²) in [6.45, 7) is 4.21. The van der Waals surface area contributed by atoms with E-state index in [0.717, 1.165) is 11.7 Å². The van der Waals surface area contributed by atoms with E-state index < -0.39 is 0 Å². The molecule has 1 fully saturated rings. The second kappa shape index (κ2) is 4.46. The van der Waals surface area contributed by atoms with Crippen LogP contribution in [-0.2, 0) is 6.42 Å². The van der Waals surface area contributed by atoms with Crippen molar-refractivity contribution in [2.45, 2.75) is 51.6 Å². The van der Waals surface area contributed by atoms with Crippen LogP contribution in [0.3, 0.4) is 0 Å². The molecule has 0 saturated heterocycles. The normalized spacial score (nSPS) is 21.7. The van der Waals surface area contributed by atoms with Crippen molar-refractivity contribution in [3.05, 3.63) is 35.4 Å². The molecule has 2 aliphatic rings. The lowest BCUT2D eigenvalue weighted by atomic mass is 9.92. The van der Waals surface area contributed by atoms with Crippen molar-refractivity contribution in [2.24, 2.45) is 5.92 Å². The first-order chi connectivity index (χ1) is 8.64. The van der Waals surface area contributed by atoms with Gasteiger partial charge in [-0.05, 0) is 43.9 Å². The lowest BCUT2D eigenvalue weighted by Gasteiger charge is -2.29. The molecule has 0 radical (unpaired) electrons. The summed E-state index contributed by atoms with van der Waals surface area (Å²) in [7, 11) is 0. The van der Waals surface area contributed by atoms with Crippen LogP contribution in [0.2, 0.25) is 0 Å². The Bertz CT molecular complexity index is 464. The quantitative estimate of drug-likeness (QED) is 0.736. The first kappa shape index (κ1) is 11.8. The summed E-state index contributed by atoms with van der Waals surface area (Å²) in [5.74, 6) is 1.94. The van der Waals surface area contributed by atoms with Gasteiger partial charge in [0.25, 0.3) is 0 Å². The third kappa shape index (κ3) is 2.31. The summed E-state index contributed by atoms with van der Waals surface area (Å²) in [6.07, 6.45) is 11.3. The van der Waals surface area contributed by atoms with Crippen molar-refractivity contribution in [1.82, 2.24) is 0 Å². The van der Waals surface area contributed by atoms with Crippen molar-refractivity contribution >= 4 is 6.08 Å². The molecule has 96 valence electrons. The topological polar surface area (TPSA) is 9.23 Å². The predicted molar refractivity (Wildman–Crippen MR) is 75.8 cm³/mol. The van der Waals surface area contributed by atoms with Crippen LogP contribution in [0.25, 0.3) is 6.08 Å². The number of hydrogen-bond donors (Lipinski definition) is 0. The van der Waals surface area contributed by atoms with Crippen LogP contribution in [-0.4, -0.2) is 5.60 Å². The van der Waals surface area contributed by atoms with E-state index in [2.05, 4.69) is 44.2 Å². The molecule has 1 saturated carbocycles. The van der Waals surface area contributed by atoms with E-state index in [9.17, 15) is 0 Å². The third-order valence-electron chi connectivity index (χ3n) is 4.16. The molecule has 1 aromatic rings. The minimum Gasteiger partial charge on any atom is -0.483 e. The van der Waals surface area contributed by atoms with E-state index >= 15 is 0 Å². The molecule has 1 nitrogen and oxygen atoms in total. The standard InChI is InChI=1S/C17H22O/c1-17(2)11-10-15-14(8-5-9-16(15)18-17)12-13-6-3-4-7-13/h5,8-11,13H,3-4,6-7,12H2,1-2H3. The minimum atomic E-state index is -0.168. The largest absolute Gasteiger partial charge is 0.483 e. The number of benzene rings is 1. The SMILES string of the molecule is CC1(C)C=Cc2c(CC3CCCC3)cccc2O1. The zero-order chi connectivity index (χ0) is 12.6. The van der Waals surface area contributed by atoms with Crippen LogP contribution in [0.5, 0.6) is 5.75 Å². The van der Waals surface area contributed by atoms with E-state index in [1.165, 1.54) is 43.2 Å². The van der Waals surface area contributed by atoms with E-state index in [-0.39, 0.29) is 5.60 Å². The van der Waals surface area contributed by atoms with Gasteiger partial charge in [-0.1, -0.05) is 43.9 Å². The van der Waals surface area contributed by atoms with Gasteiger partial charge in [0.15, 0.2) is 0 Å². The van der Waals surface area contributed by atoms with Gasteiger partial charge in [-0.15, -0.1) is 0 Å². The molecule has 0 N–H and O–H groups in total. The van der Waals surface area contributed by atoms with Crippen molar-refractivity contribution in [2.75, 3.05) is 0 Å². The Labute approximate surface area is 110 Å². The highest BCUT2D eigenvalue weighted by Gasteiger charge is 2.24. The van der Waals surface area contributed by atoms with Crippen LogP contribution >= 0.6 is 0 Å². The first-order valence-electron chi connectivity index (χ1n) is 7.14. The van der Waals surface area contributed by atoms with Gasteiger partial charge >= 0.3 is 0 Å². The Morgan fingerprint density at radius 2 is 2.00 bits per heavy atom. The van der Waals surface area contributed by atoms with Crippen LogP contribution in [0.15, 0.2) is 24.3 Å². The van der Waals surface area contributed by atoms with Gasteiger partial charge < -0.3 is 4.74 Å². The molecular formula is C17H22O. The summed E-state index contributed by atoms with van der Waals surface area (Å²) in [6, 6.07) is 6.50. The van der Waals surface area contributed by atoms with Gasteiger partial charge in [-0.2, -0.15) is 0 Å². The Hall–Kier alpha value is -1.24. The lowest BCUT2D eigenvalue weighted by Crippen LogP contribution is -2.27. The lowest BCUT2D eigenvalue weighted by molar-refractivity contribution is 0.159. The summed E-state index contributed by atoms with van der Waals surface area (Å²) in [5, 5.41) is 0. The predicted octanol–water partition coefficient (Wildman–Crippen LogP) is 4.60.